The highest BCUT2D eigenvalue weighted by Crippen LogP contribution is 2.15. The summed E-state index contributed by atoms with van der Waals surface area (Å²) in [6, 6.07) is 6.87. The summed E-state index contributed by atoms with van der Waals surface area (Å²) in [5.74, 6) is 4.72. The molecule has 4 nitrogen and oxygen atoms in total. The number of amides is 1. The zero-order chi connectivity index (χ0) is 15.2. The van der Waals surface area contributed by atoms with Crippen LogP contribution in [0.2, 0.25) is 0 Å². The van der Waals surface area contributed by atoms with Gasteiger partial charge in [0.15, 0.2) is 0 Å². The number of hydrogen-bond donors (Lipinski definition) is 2. The second-order valence-corrected chi connectivity index (χ2v) is 4.36. The molecule has 0 radical (unpaired) electrons. The van der Waals surface area contributed by atoms with E-state index in [2.05, 4.69) is 17.2 Å². The van der Waals surface area contributed by atoms with Crippen LogP contribution in [0.1, 0.15) is 34.6 Å². The molecular formula is C16H14FNO3. The van der Waals surface area contributed by atoms with Gasteiger partial charge in [0.2, 0.25) is 0 Å². The number of aliphatic hydroxyl groups is 1. The van der Waals surface area contributed by atoms with Gasteiger partial charge in [-0.3, -0.25) is 4.79 Å². The number of furan rings is 1. The second kappa shape index (κ2) is 6.73. The smallest absolute Gasteiger partial charge is 0.253 e. The van der Waals surface area contributed by atoms with Crippen LogP contribution in [0, 0.1) is 17.7 Å². The number of hydrogen-bond acceptors (Lipinski definition) is 3. The van der Waals surface area contributed by atoms with Crippen molar-refractivity contribution in [3.05, 3.63) is 59.3 Å². The van der Waals surface area contributed by atoms with Crippen LogP contribution in [0.15, 0.2) is 41.0 Å². The van der Waals surface area contributed by atoms with E-state index < -0.39 is 5.82 Å². The molecule has 0 saturated carbocycles. The van der Waals surface area contributed by atoms with Gasteiger partial charge >= 0.3 is 0 Å². The molecule has 0 fully saturated rings. The van der Waals surface area contributed by atoms with Crippen LogP contribution in [0.4, 0.5) is 4.39 Å². The maximum Gasteiger partial charge on any atom is 0.253 e. The van der Waals surface area contributed by atoms with E-state index in [1.54, 1.807) is 19.1 Å². The molecule has 0 spiro atoms. The molecule has 1 aromatic heterocycles. The van der Waals surface area contributed by atoms with Crippen molar-refractivity contribution in [2.75, 3.05) is 6.61 Å². The van der Waals surface area contributed by atoms with Gasteiger partial charge in [0.05, 0.1) is 17.9 Å². The van der Waals surface area contributed by atoms with E-state index in [0.29, 0.717) is 5.76 Å². The number of benzene rings is 1. The Balaban J connectivity index is 2.22. The van der Waals surface area contributed by atoms with Crippen LogP contribution < -0.4 is 5.32 Å². The molecule has 2 N–H and O–H groups in total. The first-order chi connectivity index (χ1) is 10.1. The molecule has 21 heavy (non-hydrogen) atoms. The predicted molar refractivity (Wildman–Crippen MR) is 75.0 cm³/mol. The number of carbonyl (C=O) groups is 1. The third-order valence-corrected chi connectivity index (χ3v) is 2.85. The highest BCUT2D eigenvalue weighted by molar-refractivity contribution is 5.96. The molecule has 1 atom stereocenters. The van der Waals surface area contributed by atoms with Gasteiger partial charge in [-0.2, -0.15) is 0 Å². The normalized spacial score (nSPS) is 11.4. The second-order valence-electron chi connectivity index (χ2n) is 4.36. The average molecular weight is 287 g/mol. The number of halogens is 1. The van der Waals surface area contributed by atoms with Crippen LogP contribution in [-0.4, -0.2) is 17.6 Å². The lowest BCUT2D eigenvalue weighted by Crippen LogP contribution is -2.27. The van der Waals surface area contributed by atoms with E-state index in [9.17, 15) is 9.18 Å². The molecule has 2 aromatic rings. The first-order valence-electron chi connectivity index (χ1n) is 6.35. The summed E-state index contributed by atoms with van der Waals surface area (Å²) < 4.78 is 18.5. The Hall–Kier alpha value is -2.58. The SMILES string of the molecule is CC(NC(=O)c1ccc(F)cc1C#CCO)c1ccco1. The molecule has 1 unspecified atom stereocenters. The minimum absolute atomic E-state index is 0.230. The maximum atomic E-state index is 13.2. The highest BCUT2D eigenvalue weighted by Gasteiger charge is 2.16. The van der Waals surface area contributed by atoms with Gasteiger partial charge in [0, 0.05) is 5.56 Å². The molecule has 1 amide bonds. The number of aliphatic hydroxyl groups excluding tert-OH is 1. The maximum absolute atomic E-state index is 13.2. The molecule has 1 heterocycles. The van der Waals surface area contributed by atoms with Crippen molar-refractivity contribution in [3.8, 4) is 11.8 Å². The molecule has 5 heteroatoms. The zero-order valence-electron chi connectivity index (χ0n) is 11.4. The lowest BCUT2D eigenvalue weighted by Gasteiger charge is -2.12. The fourth-order valence-corrected chi connectivity index (χ4v) is 1.84. The Labute approximate surface area is 121 Å². The lowest BCUT2D eigenvalue weighted by molar-refractivity contribution is 0.0935. The number of nitrogens with one attached hydrogen (secondary N) is 1. The molecular weight excluding hydrogens is 273 g/mol. The van der Waals surface area contributed by atoms with E-state index in [0.717, 1.165) is 6.07 Å². The topological polar surface area (TPSA) is 62.5 Å². The van der Waals surface area contributed by atoms with Crippen molar-refractivity contribution >= 4 is 5.91 Å². The van der Waals surface area contributed by atoms with Crippen LogP contribution in [0.5, 0.6) is 0 Å². The third kappa shape index (κ3) is 3.71. The molecule has 108 valence electrons. The van der Waals surface area contributed by atoms with E-state index in [-0.39, 0.29) is 29.7 Å². The summed E-state index contributed by atoms with van der Waals surface area (Å²) in [5, 5.41) is 11.5. The van der Waals surface area contributed by atoms with E-state index in [1.807, 2.05) is 0 Å². The van der Waals surface area contributed by atoms with Crippen LogP contribution in [0.3, 0.4) is 0 Å². The fourth-order valence-electron chi connectivity index (χ4n) is 1.84. The Morgan fingerprint density at radius 2 is 2.29 bits per heavy atom. The Morgan fingerprint density at radius 3 is 2.95 bits per heavy atom. The van der Waals surface area contributed by atoms with Crippen molar-refractivity contribution in [2.45, 2.75) is 13.0 Å². The number of rotatable bonds is 3. The summed E-state index contributed by atoms with van der Waals surface area (Å²) in [7, 11) is 0. The predicted octanol–water partition coefficient (Wildman–Crippen LogP) is 2.25. The van der Waals surface area contributed by atoms with Crippen molar-refractivity contribution < 1.29 is 18.7 Å². The highest BCUT2D eigenvalue weighted by atomic mass is 19.1. The van der Waals surface area contributed by atoms with Crippen molar-refractivity contribution in [1.29, 1.82) is 0 Å². The first-order valence-corrected chi connectivity index (χ1v) is 6.35. The summed E-state index contributed by atoms with van der Waals surface area (Å²) in [6.45, 7) is 1.42. The van der Waals surface area contributed by atoms with Crippen LogP contribution in [-0.2, 0) is 0 Å². The molecule has 0 saturated heterocycles. The van der Waals surface area contributed by atoms with E-state index >= 15 is 0 Å². The van der Waals surface area contributed by atoms with Crippen molar-refractivity contribution in [2.24, 2.45) is 0 Å². The molecule has 0 aliphatic rings. The fraction of sp³-hybridized carbons (Fsp3) is 0.188. The Kier molecular flexibility index (Phi) is 4.75. The first kappa shape index (κ1) is 14.8. The van der Waals surface area contributed by atoms with Crippen molar-refractivity contribution in [1.82, 2.24) is 5.32 Å². The Bertz CT molecular complexity index is 683. The zero-order valence-corrected chi connectivity index (χ0v) is 11.4. The van der Waals surface area contributed by atoms with E-state index in [4.69, 9.17) is 9.52 Å². The van der Waals surface area contributed by atoms with Gasteiger partial charge in [-0.1, -0.05) is 11.8 Å². The Morgan fingerprint density at radius 1 is 1.48 bits per heavy atom. The minimum Gasteiger partial charge on any atom is -0.467 e. The quantitative estimate of drug-likeness (QED) is 0.851. The standard InChI is InChI=1S/C16H14FNO3/c1-11(15-5-3-9-21-15)18-16(20)14-7-6-13(17)10-12(14)4-2-8-19/h3,5-7,9-11,19H,8H2,1H3,(H,18,20). The monoisotopic (exact) mass is 287 g/mol. The van der Waals surface area contributed by atoms with Gasteiger partial charge in [-0.25, -0.2) is 4.39 Å². The van der Waals surface area contributed by atoms with Gasteiger partial charge in [0.25, 0.3) is 5.91 Å². The van der Waals surface area contributed by atoms with Gasteiger partial charge < -0.3 is 14.8 Å². The van der Waals surface area contributed by atoms with Gasteiger partial charge in [0.1, 0.15) is 18.2 Å². The summed E-state index contributed by atoms with van der Waals surface area (Å²) in [5.41, 5.74) is 0.476. The minimum atomic E-state index is -0.493. The van der Waals surface area contributed by atoms with E-state index in [1.165, 1.54) is 18.4 Å². The molecule has 1 aromatic carbocycles. The van der Waals surface area contributed by atoms with Crippen LogP contribution in [0.25, 0.3) is 0 Å². The lowest BCUT2D eigenvalue weighted by atomic mass is 10.1. The summed E-state index contributed by atoms with van der Waals surface area (Å²) in [6.07, 6.45) is 1.52. The molecule has 0 aliphatic heterocycles. The van der Waals surface area contributed by atoms with Gasteiger partial charge in [-0.05, 0) is 37.3 Å². The van der Waals surface area contributed by atoms with Crippen molar-refractivity contribution in [3.63, 3.8) is 0 Å². The largest absolute Gasteiger partial charge is 0.467 e. The average Bonchev–Trinajstić information content (AvgIpc) is 2.99. The molecule has 2 rings (SSSR count). The van der Waals surface area contributed by atoms with Crippen LogP contribution >= 0.6 is 0 Å². The molecule has 0 bridgehead atoms. The number of carbonyl (C=O) groups excluding carboxylic acids is 1. The third-order valence-electron chi connectivity index (χ3n) is 2.85. The van der Waals surface area contributed by atoms with Gasteiger partial charge in [-0.15, -0.1) is 0 Å². The molecule has 0 aliphatic carbocycles. The summed E-state index contributed by atoms with van der Waals surface area (Å²) in [4.78, 5) is 12.2. The summed E-state index contributed by atoms with van der Waals surface area (Å²) >= 11 is 0.